The molecule has 0 atom stereocenters. The Labute approximate surface area is 93.5 Å². The Morgan fingerprint density at radius 3 is 3.00 bits per heavy atom. The van der Waals surface area contributed by atoms with Gasteiger partial charge < -0.3 is 4.74 Å². The van der Waals surface area contributed by atoms with E-state index in [1.165, 1.54) is 0 Å². The van der Waals surface area contributed by atoms with E-state index in [1.807, 2.05) is 0 Å². The van der Waals surface area contributed by atoms with Gasteiger partial charge in [-0.1, -0.05) is 0 Å². The van der Waals surface area contributed by atoms with Crippen LogP contribution in [0.2, 0.25) is 0 Å². The van der Waals surface area contributed by atoms with E-state index in [0.29, 0.717) is 5.25 Å². The lowest BCUT2D eigenvalue weighted by atomic mass is 10.2. The molecule has 0 amide bonds. The largest absolute Gasteiger partial charge is 0.381 e. The molecule has 2 heterocycles. The number of hydrogen-bond donors (Lipinski definition) is 0. The summed E-state index contributed by atoms with van der Waals surface area (Å²) in [5, 5.41) is 9.50. The van der Waals surface area contributed by atoms with Crippen LogP contribution < -0.4 is 0 Å². The van der Waals surface area contributed by atoms with E-state index in [-0.39, 0.29) is 0 Å². The molecule has 1 aromatic heterocycles. The van der Waals surface area contributed by atoms with Crippen LogP contribution in [0.1, 0.15) is 18.4 Å². The van der Waals surface area contributed by atoms with Gasteiger partial charge in [0.25, 0.3) is 0 Å². The molecule has 0 aromatic carbocycles. The smallest absolute Gasteiger partial charge is 0.100 e. The van der Waals surface area contributed by atoms with Crippen molar-refractivity contribution >= 4 is 11.8 Å². The summed E-state index contributed by atoms with van der Waals surface area (Å²) in [6.07, 6.45) is 5.56. The monoisotopic (exact) mass is 220 g/mol. The van der Waals surface area contributed by atoms with Crippen molar-refractivity contribution in [3.63, 3.8) is 0 Å². The Morgan fingerprint density at radius 1 is 1.47 bits per heavy atom. The average Bonchev–Trinajstić information content (AvgIpc) is 2.31. The summed E-state index contributed by atoms with van der Waals surface area (Å²) in [6, 6.07) is 3.96. The lowest BCUT2D eigenvalue weighted by Gasteiger charge is -2.21. The standard InChI is InChI=1S/C11H12N2OS/c12-7-9-1-4-13-8-11(9)15-10-2-5-14-6-3-10/h1,4,8,10H,2-3,5-6H2. The molecular formula is C11H12N2OS. The van der Waals surface area contributed by atoms with E-state index in [9.17, 15) is 0 Å². The molecule has 2 rings (SSSR count). The van der Waals surface area contributed by atoms with Crippen LogP contribution in [0.5, 0.6) is 0 Å². The quantitative estimate of drug-likeness (QED) is 0.766. The lowest BCUT2D eigenvalue weighted by Crippen LogP contribution is -2.17. The van der Waals surface area contributed by atoms with Gasteiger partial charge in [-0.2, -0.15) is 5.26 Å². The first kappa shape index (κ1) is 10.5. The fraction of sp³-hybridized carbons (Fsp3) is 0.455. The van der Waals surface area contributed by atoms with Crippen LogP contribution in [0.4, 0.5) is 0 Å². The van der Waals surface area contributed by atoms with Crippen molar-refractivity contribution in [3.05, 3.63) is 24.0 Å². The zero-order valence-corrected chi connectivity index (χ0v) is 9.17. The highest BCUT2D eigenvalue weighted by atomic mass is 32.2. The number of aromatic nitrogens is 1. The molecule has 1 aliphatic heterocycles. The second kappa shape index (κ2) is 5.15. The van der Waals surface area contributed by atoms with E-state index in [4.69, 9.17) is 10.00 Å². The molecule has 0 saturated carbocycles. The van der Waals surface area contributed by atoms with Crippen molar-refractivity contribution in [1.82, 2.24) is 4.98 Å². The van der Waals surface area contributed by atoms with Gasteiger partial charge in [0.05, 0.1) is 5.56 Å². The van der Waals surface area contributed by atoms with Crippen LogP contribution >= 0.6 is 11.8 Å². The van der Waals surface area contributed by atoms with Gasteiger partial charge >= 0.3 is 0 Å². The molecule has 1 fully saturated rings. The first-order chi connectivity index (χ1) is 7.40. The zero-order valence-electron chi connectivity index (χ0n) is 8.35. The van der Waals surface area contributed by atoms with Crippen molar-refractivity contribution in [3.8, 4) is 6.07 Å². The molecular weight excluding hydrogens is 208 g/mol. The molecule has 0 radical (unpaired) electrons. The number of thioether (sulfide) groups is 1. The van der Waals surface area contributed by atoms with Gasteiger partial charge in [-0.3, -0.25) is 4.98 Å². The second-order valence-electron chi connectivity index (χ2n) is 3.41. The Kier molecular flexibility index (Phi) is 3.59. The molecule has 0 N–H and O–H groups in total. The Bertz CT molecular complexity index is 369. The highest BCUT2D eigenvalue weighted by Crippen LogP contribution is 2.31. The van der Waals surface area contributed by atoms with E-state index in [2.05, 4.69) is 11.1 Å². The molecule has 0 bridgehead atoms. The molecule has 78 valence electrons. The topological polar surface area (TPSA) is 45.9 Å². The highest BCUT2D eigenvalue weighted by molar-refractivity contribution is 8.00. The van der Waals surface area contributed by atoms with Gasteiger partial charge in [0.1, 0.15) is 6.07 Å². The minimum Gasteiger partial charge on any atom is -0.381 e. The van der Waals surface area contributed by atoms with Crippen molar-refractivity contribution in [2.75, 3.05) is 13.2 Å². The Balaban J connectivity index is 2.06. The van der Waals surface area contributed by atoms with Crippen LogP contribution in [0.3, 0.4) is 0 Å². The molecule has 0 spiro atoms. The van der Waals surface area contributed by atoms with Crippen molar-refractivity contribution < 1.29 is 4.74 Å². The van der Waals surface area contributed by atoms with Crippen molar-refractivity contribution in [2.24, 2.45) is 0 Å². The third kappa shape index (κ3) is 2.71. The maximum atomic E-state index is 8.93. The summed E-state index contributed by atoms with van der Waals surface area (Å²) in [5.74, 6) is 0. The van der Waals surface area contributed by atoms with Gasteiger partial charge in [0.2, 0.25) is 0 Å². The zero-order chi connectivity index (χ0) is 10.5. The molecule has 1 aromatic rings. The predicted molar refractivity (Wildman–Crippen MR) is 58.7 cm³/mol. The number of nitriles is 1. The minimum atomic E-state index is 0.565. The van der Waals surface area contributed by atoms with E-state index in [1.54, 1.807) is 30.2 Å². The third-order valence-electron chi connectivity index (χ3n) is 2.37. The first-order valence-corrected chi connectivity index (χ1v) is 5.86. The summed E-state index contributed by atoms with van der Waals surface area (Å²) in [4.78, 5) is 5.05. The molecule has 15 heavy (non-hydrogen) atoms. The number of hydrogen-bond acceptors (Lipinski definition) is 4. The number of pyridine rings is 1. The first-order valence-electron chi connectivity index (χ1n) is 4.98. The summed E-state index contributed by atoms with van der Waals surface area (Å²) in [6.45, 7) is 1.67. The summed E-state index contributed by atoms with van der Waals surface area (Å²) >= 11 is 1.75. The van der Waals surface area contributed by atoms with Crippen LogP contribution in [0, 0.1) is 11.3 Å². The van der Waals surface area contributed by atoms with Crippen LogP contribution in [0.25, 0.3) is 0 Å². The fourth-order valence-corrected chi connectivity index (χ4v) is 2.69. The predicted octanol–water partition coefficient (Wildman–Crippen LogP) is 2.22. The van der Waals surface area contributed by atoms with Crippen LogP contribution in [-0.4, -0.2) is 23.4 Å². The van der Waals surface area contributed by atoms with Gasteiger partial charge in [0.15, 0.2) is 0 Å². The van der Waals surface area contributed by atoms with E-state index < -0.39 is 0 Å². The normalized spacial score (nSPS) is 17.3. The maximum Gasteiger partial charge on any atom is 0.100 e. The SMILES string of the molecule is N#Cc1ccncc1SC1CCOCC1. The second-order valence-corrected chi connectivity index (χ2v) is 4.76. The molecule has 0 unspecified atom stereocenters. The van der Waals surface area contributed by atoms with Gasteiger partial charge in [0, 0.05) is 35.8 Å². The van der Waals surface area contributed by atoms with Crippen molar-refractivity contribution in [2.45, 2.75) is 23.0 Å². The minimum absolute atomic E-state index is 0.565. The number of rotatable bonds is 2. The summed E-state index contributed by atoms with van der Waals surface area (Å²) in [7, 11) is 0. The average molecular weight is 220 g/mol. The van der Waals surface area contributed by atoms with Gasteiger partial charge in [-0.25, -0.2) is 0 Å². The third-order valence-corrected chi connectivity index (χ3v) is 3.75. The van der Waals surface area contributed by atoms with Gasteiger partial charge in [-0.05, 0) is 18.9 Å². The van der Waals surface area contributed by atoms with Crippen molar-refractivity contribution in [1.29, 1.82) is 5.26 Å². The van der Waals surface area contributed by atoms with Gasteiger partial charge in [-0.15, -0.1) is 11.8 Å². The Hall–Kier alpha value is -1.05. The number of ether oxygens (including phenoxy) is 1. The molecule has 1 aliphatic rings. The maximum absolute atomic E-state index is 8.93. The summed E-state index contributed by atoms with van der Waals surface area (Å²) < 4.78 is 5.30. The molecule has 0 aliphatic carbocycles. The highest BCUT2D eigenvalue weighted by Gasteiger charge is 2.16. The fourth-order valence-electron chi connectivity index (χ4n) is 1.54. The molecule has 4 heteroatoms. The lowest BCUT2D eigenvalue weighted by molar-refractivity contribution is 0.100. The van der Waals surface area contributed by atoms with E-state index in [0.717, 1.165) is 36.5 Å². The Morgan fingerprint density at radius 2 is 2.27 bits per heavy atom. The van der Waals surface area contributed by atoms with E-state index >= 15 is 0 Å². The van der Waals surface area contributed by atoms with Crippen LogP contribution in [-0.2, 0) is 4.74 Å². The summed E-state index contributed by atoms with van der Waals surface area (Å²) in [5.41, 5.74) is 0.724. The molecule has 3 nitrogen and oxygen atoms in total. The number of nitrogens with zero attached hydrogens (tertiary/aromatic N) is 2. The van der Waals surface area contributed by atoms with Crippen LogP contribution in [0.15, 0.2) is 23.4 Å². The molecule has 1 saturated heterocycles.